The van der Waals surface area contributed by atoms with Crippen LogP contribution in [0.1, 0.15) is 29.6 Å². The molecule has 1 amide bonds. The molecule has 0 saturated carbocycles. The molecular formula is C19H25N5O3. The fourth-order valence-electron chi connectivity index (χ4n) is 3.83. The molecule has 1 aromatic heterocycles. The Morgan fingerprint density at radius 3 is 2.74 bits per heavy atom. The van der Waals surface area contributed by atoms with Crippen LogP contribution in [0.2, 0.25) is 0 Å². The molecule has 0 aliphatic carbocycles. The summed E-state index contributed by atoms with van der Waals surface area (Å²) in [7, 11) is 4.02. The minimum absolute atomic E-state index is 0.0568. The second kappa shape index (κ2) is 8.30. The van der Waals surface area contributed by atoms with E-state index in [2.05, 4.69) is 15.0 Å². The van der Waals surface area contributed by atoms with Crippen LogP contribution in [0.3, 0.4) is 0 Å². The summed E-state index contributed by atoms with van der Waals surface area (Å²) in [6, 6.07) is 7.61. The highest BCUT2D eigenvalue weighted by molar-refractivity contribution is 5.97. The summed E-state index contributed by atoms with van der Waals surface area (Å²) in [5.74, 6) is -0.724. The van der Waals surface area contributed by atoms with Crippen molar-refractivity contribution in [3.8, 4) is 5.69 Å². The van der Waals surface area contributed by atoms with Gasteiger partial charge in [0.25, 0.3) is 5.91 Å². The first-order valence-corrected chi connectivity index (χ1v) is 9.09. The Morgan fingerprint density at radius 2 is 2.07 bits per heavy atom. The van der Waals surface area contributed by atoms with E-state index in [0.29, 0.717) is 30.8 Å². The molecule has 1 aromatic carbocycles. The maximum atomic E-state index is 13.2. The molecule has 8 nitrogen and oxygen atoms in total. The van der Waals surface area contributed by atoms with Crippen molar-refractivity contribution in [1.29, 1.82) is 0 Å². The molecule has 1 aliphatic rings. The lowest BCUT2D eigenvalue weighted by atomic mass is 9.87. The van der Waals surface area contributed by atoms with Crippen molar-refractivity contribution in [1.82, 2.24) is 24.6 Å². The van der Waals surface area contributed by atoms with Crippen molar-refractivity contribution in [2.45, 2.75) is 25.3 Å². The number of aliphatic carboxylic acids is 1. The van der Waals surface area contributed by atoms with E-state index in [1.54, 1.807) is 17.1 Å². The number of nitrogens with zero attached hydrogens (tertiary/aromatic N) is 5. The number of amides is 1. The highest BCUT2D eigenvalue weighted by atomic mass is 16.4. The van der Waals surface area contributed by atoms with Gasteiger partial charge in [-0.2, -0.15) is 5.10 Å². The zero-order chi connectivity index (χ0) is 19.4. The van der Waals surface area contributed by atoms with Gasteiger partial charge in [-0.05, 0) is 45.0 Å². The number of hydrogen-bond donors (Lipinski definition) is 1. The zero-order valence-electron chi connectivity index (χ0n) is 15.7. The molecule has 27 heavy (non-hydrogen) atoms. The number of carbonyl (C=O) groups excluding carboxylic acids is 1. The molecular weight excluding hydrogens is 346 g/mol. The first kappa shape index (κ1) is 19.0. The average molecular weight is 371 g/mol. The number of para-hydroxylation sites is 1. The summed E-state index contributed by atoms with van der Waals surface area (Å²) in [6.45, 7) is 1.21. The number of benzene rings is 1. The largest absolute Gasteiger partial charge is 0.481 e. The van der Waals surface area contributed by atoms with Crippen molar-refractivity contribution < 1.29 is 14.7 Å². The number of carboxylic acid groups (broad SMARTS) is 1. The number of aromatic nitrogens is 3. The van der Waals surface area contributed by atoms with Crippen LogP contribution in [0.15, 0.2) is 36.9 Å². The SMILES string of the molecule is CN(C)[C@@H]1CCN(C(=O)c2ccccc2-n2cncn2)C[C@@H]1CCC(=O)O. The van der Waals surface area contributed by atoms with Crippen molar-refractivity contribution in [2.24, 2.45) is 5.92 Å². The Balaban J connectivity index is 1.80. The second-order valence-corrected chi connectivity index (χ2v) is 7.12. The van der Waals surface area contributed by atoms with Crippen LogP contribution in [0.4, 0.5) is 0 Å². The zero-order valence-corrected chi connectivity index (χ0v) is 15.7. The maximum Gasteiger partial charge on any atom is 0.303 e. The topological polar surface area (TPSA) is 91.6 Å². The first-order valence-electron chi connectivity index (χ1n) is 9.09. The van der Waals surface area contributed by atoms with Crippen LogP contribution in [-0.2, 0) is 4.79 Å². The molecule has 0 radical (unpaired) electrons. The van der Waals surface area contributed by atoms with Gasteiger partial charge in [-0.3, -0.25) is 9.59 Å². The predicted octanol–water partition coefficient (Wildman–Crippen LogP) is 1.52. The highest BCUT2D eigenvalue weighted by Gasteiger charge is 2.33. The third kappa shape index (κ3) is 4.33. The minimum atomic E-state index is -0.799. The summed E-state index contributed by atoms with van der Waals surface area (Å²) in [5, 5.41) is 13.2. The summed E-state index contributed by atoms with van der Waals surface area (Å²) in [6.07, 6.45) is 4.51. The Hall–Kier alpha value is -2.74. The summed E-state index contributed by atoms with van der Waals surface area (Å²) >= 11 is 0. The van der Waals surface area contributed by atoms with Crippen molar-refractivity contribution in [2.75, 3.05) is 27.2 Å². The van der Waals surface area contributed by atoms with Crippen LogP contribution in [0.25, 0.3) is 5.69 Å². The van der Waals surface area contributed by atoms with E-state index < -0.39 is 5.97 Å². The van der Waals surface area contributed by atoms with E-state index >= 15 is 0 Å². The Bertz CT molecular complexity index is 790. The van der Waals surface area contributed by atoms with Gasteiger partial charge in [0, 0.05) is 25.6 Å². The van der Waals surface area contributed by atoms with E-state index in [1.165, 1.54) is 6.33 Å². The van der Waals surface area contributed by atoms with Gasteiger partial charge in [0.15, 0.2) is 0 Å². The smallest absolute Gasteiger partial charge is 0.303 e. The van der Waals surface area contributed by atoms with Gasteiger partial charge in [0.05, 0.1) is 11.3 Å². The van der Waals surface area contributed by atoms with E-state index in [0.717, 1.165) is 6.42 Å². The number of rotatable bonds is 6. The van der Waals surface area contributed by atoms with Gasteiger partial charge in [0.1, 0.15) is 12.7 Å². The third-order valence-electron chi connectivity index (χ3n) is 5.17. The monoisotopic (exact) mass is 371 g/mol. The molecule has 2 atom stereocenters. The van der Waals surface area contributed by atoms with E-state index in [9.17, 15) is 9.59 Å². The minimum Gasteiger partial charge on any atom is -0.481 e. The summed E-state index contributed by atoms with van der Waals surface area (Å²) in [5.41, 5.74) is 1.26. The molecule has 3 rings (SSSR count). The van der Waals surface area contributed by atoms with Gasteiger partial charge in [-0.15, -0.1) is 0 Å². The molecule has 8 heteroatoms. The lowest BCUT2D eigenvalue weighted by molar-refractivity contribution is -0.137. The van der Waals surface area contributed by atoms with Crippen LogP contribution < -0.4 is 0 Å². The normalized spacial score (nSPS) is 20.0. The second-order valence-electron chi connectivity index (χ2n) is 7.12. The van der Waals surface area contributed by atoms with Crippen LogP contribution in [-0.4, -0.2) is 74.8 Å². The number of likely N-dealkylation sites (tertiary alicyclic amines) is 1. The Morgan fingerprint density at radius 1 is 1.30 bits per heavy atom. The molecule has 1 N–H and O–H groups in total. The number of piperidine rings is 1. The number of hydrogen-bond acceptors (Lipinski definition) is 5. The van der Waals surface area contributed by atoms with Gasteiger partial charge in [-0.1, -0.05) is 12.1 Å². The lowest BCUT2D eigenvalue weighted by Gasteiger charge is -2.41. The molecule has 0 unspecified atom stereocenters. The van der Waals surface area contributed by atoms with Gasteiger partial charge in [0.2, 0.25) is 0 Å². The van der Waals surface area contributed by atoms with E-state index in [4.69, 9.17) is 5.11 Å². The van der Waals surface area contributed by atoms with Crippen molar-refractivity contribution in [3.63, 3.8) is 0 Å². The molecule has 0 bridgehead atoms. The van der Waals surface area contributed by atoms with Gasteiger partial charge in [-0.25, -0.2) is 9.67 Å². The molecule has 0 spiro atoms. The molecule has 1 saturated heterocycles. The maximum absolute atomic E-state index is 13.2. The average Bonchev–Trinajstić information content (AvgIpc) is 3.20. The van der Waals surface area contributed by atoms with Gasteiger partial charge >= 0.3 is 5.97 Å². The molecule has 1 fully saturated rings. The van der Waals surface area contributed by atoms with Crippen molar-refractivity contribution in [3.05, 3.63) is 42.5 Å². The van der Waals surface area contributed by atoms with Crippen LogP contribution in [0, 0.1) is 5.92 Å². The summed E-state index contributed by atoms with van der Waals surface area (Å²) < 4.78 is 1.59. The fraction of sp³-hybridized carbons (Fsp3) is 0.474. The quantitative estimate of drug-likeness (QED) is 0.828. The number of carbonyl (C=O) groups is 2. The molecule has 1 aliphatic heterocycles. The first-order chi connectivity index (χ1) is 13.0. The Kier molecular flexibility index (Phi) is 5.85. The lowest BCUT2D eigenvalue weighted by Crippen LogP contribution is -2.50. The standard InChI is InChI=1S/C19H25N5O3/c1-22(2)16-9-10-23(11-14(16)7-8-18(25)26)19(27)15-5-3-4-6-17(15)24-13-20-12-21-24/h3-6,12-14,16H,7-11H2,1-2H3,(H,25,26)/t14-,16+/m0/s1. The predicted molar refractivity (Wildman–Crippen MR) is 99.7 cm³/mol. The summed E-state index contributed by atoms with van der Waals surface area (Å²) in [4.78, 5) is 32.2. The number of carboxylic acids is 1. The molecule has 2 aromatic rings. The Labute approximate surface area is 158 Å². The van der Waals surface area contributed by atoms with Gasteiger partial charge < -0.3 is 14.9 Å². The highest BCUT2D eigenvalue weighted by Crippen LogP contribution is 2.27. The van der Waals surface area contributed by atoms with E-state index in [-0.39, 0.29) is 24.3 Å². The molecule has 2 heterocycles. The van der Waals surface area contributed by atoms with Crippen LogP contribution >= 0.6 is 0 Å². The third-order valence-corrected chi connectivity index (χ3v) is 5.17. The van der Waals surface area contributed by atoms with Crippen LogP contribution in [0.5, 0.6) is 0 Å². The fourth-order valence-corrected chi connectivity index (χ4v) is 3.83. The molecule has 144 valence electrons. The van der Waals surface area contributed by atoms with Crippen molar-refractivity contribution >= 4 is 11.9 Å². The van der Waals surface area contributed by atoms with E-state index in [1.807, 2.05) is 37.2 Å².